The highest BCUT2D eigenvalue weighted by Crippen LogP contribution is 2.27. The molecule has 35 heavy (non-hydrogen) atoms. The molecule has 0 fully saturated rings. The molecule has 1 atom stereocenters. The lowest BCUT2D eigenvalue weighted by Gasteiger charge is -2.33. The van der Waals surface area contributed by atoms with E-state index in [2.05, 4.69) is 15.7 Å². The number of rotatable bonds is 6. The molecule has 0 unspecified atom stereocenters. The fraction of sp³-hybridized carbons (Fsp3) is 0.269. The lowest BCUT2D eigenvalue weighted by molar-refractivity contribution is -0.274. The zero-order valence-electron chi connectivity index (χ0n) is 18.8. The van der Waals surface area contributed by atoms with E-state index in [0.29, 0.717) is 43.7 Å². The maximum absolute atomic E-state index is 13.4. The number of hydrogen-bond acceptors (Lipinski definition) is 4. The van der Waals surface area contributed by atoms with Gasteiger partial charge < -0.3 is 14.4 Å². The average molecular weight is 483 g/mol. The van der Waals surface area contributed by atoms with Crippen molar-refractivity contribution in [3.05, 3.63) is 90.2 Å². The number of allylic oxidation sites excluding steroid dienone is 2. The number of urea groups is 1. The second kappa shape index (κ2) is 11.1. The minimum Gasteiger partial charge on any atom is -0.406 e. The summed E-state index contributed by atoms with van der Waals surface area (Å²) in [5.74, 6) is 2.43. The smallest absolute Gasteiger partial charge is 0.406 e. The summed E-state index contributed by atoms with van der Waals surface area (Å²) in [7, 11) is 0. The van der Waals surface area contributed by atoms with Crippen LogP contribution in [0.2, 0.25) is 0 Å². The zero-order chi connectivity index (χ0) is 24.7. The Balaban J connectivity index is 1.45. The first-order valence-corrected chi connectivity index (χ1v) is 11.1. The van der Waals surface area contributed by atoms with Gasteiger partial charge in [-0.1, -0.05) is 54.6 Å². The fourth-order valence-corrected chi connectivity index (χ4v) is 3.77. The van der Waals surface area contributed by atoms with Crippen molar-refractivity contribution in [2.75, 3.05) is 13.2 Å². The maximum Gasteiger partial charge on any atom is 0.573 e. The van der Waals surface area contributed by atoms with Crippen LogP contribution in [0.3, 0.4) is 0 Å². The van der Waals surface area contributed by atoms with Crippen molar-refractivity contribution in [3.63, 3.8) is 0 Å². The van der Waals surface area contributed by atoms with Crippen LogP contribution in [0, 0.1) is 0 Å². The maximum atomic E-state index is 13.4. The second-order valence-electron chi connectivity index (χ2n) is 7.97. The quantitative estimate of drug-likeness (QED) is 0.493. The Morgan fingerprint density at radius 1 is 1.11 bits per heavy atom. The van der Waals surface area contributed by atoms with E-state index in [-0.39, 0.29) is 17.8 Å². The Morgan fingerprint density at radius 2 is 1.89 bits per heavy atom. The molecule has 0 spiro atoms. The van der Waals surface area contributed by atoms with Gasteiger partial charge in [0.2, 0.25) is 0 Å². The van der Waals surface area contributed by atoms with Gasteiger partial charge >= 0.3 is 12.4 Å². The number of carbonyl (C=O) groups is 1. The van der Waals surface area contributed by atoms with Crippen molar-refractivity contribution in [3.8, 4) is 5.75 Å². The summed E-state index contributed by atoms with van der Waals surface area (Å²) in [6, 6.07) is 14.7. The molecule has 0 saturated heterocycles. The van der Waals surface area contributed by atoms with E-state index in [0.717, 1.165) is 5.56 Å². The third-order valence-electron chi connectivity index (χ3n) is 5.45. The lowest BCUT2D eigenvalue weighted by Crippen LogP contribution is -2.48. The molecule has 6 nitrogen and oxygen atoms in total. The molecule has 9 heteroatoms. The van der Waals surface area contributed by atoms with Gasteiger partial charge in [0.1, 0.15) is 5.75 Å². The van der Waals surface area contributed by atoms with Crippen LogP contribution in [-0.2, 0) is 11.3 Å². The molecule has 0 aliphatic carbocycles. The van der Waals surface area contributed by atoms with Gasteiger partial charge in [-0.15, -0.1) is 18.3 Å². The highest BCUT2D eigenvalue weighted by Gasteiger charge is 2.31. The van der Waals surface area contributed by atoms with Crippen LogP contribution >= 0.6 is 0 Å². The summed E-state index contributed by atoms with van der Waals surface area (Å²) < 4.78 is 47.1. The molecule has 2 heterocycles. The molecule has 0 bridgehead atoms. The van der Waals surface area contributed by atoms with Gasteiger partial charge in [-0.2, -0.15) is 5.01 Å². The summed E-state index contributed by atoms with van der Waals surface area (Å²) in [6.45, 7) is 1.29. The first-order chi connectivity index (χ1) is 16.9. The number of hydrogen-bond donors (Lipinski definition) is 0. The first-order valence-electron chi connectivity index (χ1n) is 11.1. The first kappa shape index (κ1) is 24.3. The van der Waals surface area contributed by atoms with Crippen molar-refractivity contribution < 1.29 is 27.4 Å². The summed E-state index contributed by atoms with van der Waals surface area (Å²) in [6.07, 6.45) is 3.59. The molecule has 2 aliphatic heterocycles. The van der Waals surface area contributed by atoms with E-state index in [4.69, 9.17) is 4.74 Å². The summed E-state index contributed by atoms with van der Waals surface area (Å²) in [5.41, 5.74) is 2.40. The Kier molecular flexibility index (Phi) is 7.70. The molecule has 0 saturated carbocycles. The molecule has 2 aliphatic rings. The number of hydrazone groups is 1. The minimum atomic E-state index is -4.76. The average Bonchev–Trinajstić information content (AvgIpc) is 3.11. The molecule has 182 valence electrons. The van der Waals surface area contributed by atoms with Crippen LogP contribution < -0.4 is 4.74 Å². The van der Waals surface area contributed by atoms with Crippen LogP contribution in [0.15, 0.2) is 84.1 Å². The predicted molar refractivity (Wildman–Crippen MR) is 125 cm³/mol. The van der Waals surface area contributed by atoms with E-state index in [1.54, 1.807) is 17.2 Å². The van der Waals surface area contributed by atoms with E-state index < -0.39 is 6.36 Å². The largest absolute Gasteiger partial charge is 0.573 e. The Hall–Kier alpha value is -3.81. The van der Waals surface area contributed by atoms with Gasteiger partial charge in [-0.25, -0.2) is 4.79 Å². The van der Waals surface area contributed by atoms with E-state index >= 15 is 0 Å². The predicted octanol–water partition coefficient (Wildman–Crippen LogP) is 5.74. The minimum absolute atomic E-state index is 0.252. The van der Waals surface area contributed by atoms with Crippen LogP contribution in [0.4, 0.5) is 18.0 Å². The molecular formula is C26H24F3N3O3. The molecule has 4 rings (SSSR count). The van der Waals surface area contributed by atoms with Crippen molar-refractivity contribution in [1.82, 2.24) is 9.91 Å². The van der Waals surface area contributed by atoms with Crippen LogP contribution in [0.5, 0.6) is 5.75 Å². The van der Waals surface area contributed by atoms with Crippen LogP contribution in [0.25, 0.3) is 5.57 Å². The standard InChI is InChI=1S/C26H24F3N3O3/c27-26(28,29)35-24-13-11-21(12-14-24)22-9-6-15-30-32(17-22)25(33)31-16-5-4-10-23(31)19-34-18-20-7-2-1-3-8-20/h1-4,6-8,10-14,17,23H,5,9,16,18-19H2/t23-/m1/s1. The van der Waals surface area contributed by atoms with Crippen molar-refractivity contribution in [2.45, 2.75) is 31.9 Å². The van der Waals surface area contributed by atoms with Crippen molar-refractivity contribution in [2.24, 2.45) is 5.10 Å². The summed E-state index contributed by atoms with van der Waals surface area (Å²) >= 11 is 0. The molecule has 0 N–H and O–H groups in total. The van der Waals surface area contributed by atoms with Gasteiger partial charge in [0, 0.05) is 25.0 Å². The SMILES string of the molecule is O=C(N1C=C(c2ccc(OC(F)(F)F)cc2)CC=C=N1)N1CCC=C[C@@H]1COCc1ccccc1. The van der Waals surface area contributed by atoms with Crippen LogP contribution in [-0.4, -0.2) is 47.4 Å². The molecule has 2 aromatic carbocycles. The Labute approximate surface area is 201 Å². The topological polar surface area (TPSA) is 54.4 Å². The number of benzene rings is 2. The molecular weight excluding hydrogens is 459 g/mol. The van der Waals surface area contributed by atoms with E-state index in [1.807, 2.05) is 42.5 Å². The number of alkyl halides is 3. The van der Waals surface area contributed by atoms with Gasteiger partial charge in [0.05, 0.1) is 19.3 Å². The second-order valence-corrected chi connectivity index (χ2v) is 7.97. The third-order valence-corrected chi connectivity index (χ3v) is 5.45. The molecule has 2 aromatic rings. The monoisotopic (exact) mass is 483 g/mol. The fourth-order valence-electron chi connectivity index (χ4n) is 3.77. The normalized spacial score (nSPS) is 17.8. The Morgan fingerprint density at radius 3 is 2.63 bits per heavy atom. The highest BCUT2D eigenvalue weighted by molar-refractivity contribution is 5.81. The van der Waals surface area contributed by atoms with Crippen molar-refractivity contribution >= 4 is 17.5 Å². The summed E-state index contributed by atoms with van der Waals surface area (Å²) in [4.78, 5) is 15.1. The summed E-state index contributed by atoms with van der Waals surface area (Å²) in [5, 5.41) is 5.33. The highest BCUT2D eigenvalue weighted by atomic mass is 19.4. The molecule has 2 amide bonds. The number of halogens is 3. The van der Waals surface area contributed by atoms with Crippen LogP contribution in [0.1, 0.15) is 24.0 Å². The molecule has 0 aromatic heterocycles. The third kappa shape index (κ3) is 6.85. The molecule has 0 radical (unpaired) electrons. The van der Waals surface area contributed by atoms with Gasteiger partial charge in [0.15, 0.2) is 0 Å². The number of carbonyl (C=O) groups excluding carboxylic acids is 1. The lowest BCUT2D eigenvalue weighted by atomic mass is 10.0. The van der Waals surface area contributed by atoms with Gasteiger partial charge in [-0.05, 0) is 41.3 Å². The van der Waals surface area contributed by atoms with Crippen molar-refractivity contribution in [1.29, 1.82) is 0 Å². The van der Waals surface area contributed by atoms with E-state index in [1.165, 1.54) is 29.3 Å². The van der Waals surface area contributed by atoms with Gasteiger partial charge in [0.25, 0.3) is 0 Å². The number of nitrogens with zero attached hydrogens (tertiary/aromatic N) is 3. The number of ether oxygens (including phenoxy) is 2. The van der Waals surface area contributed by atoms with E-state index in [9.17, 15) is 18.0 Å². The van der Waals surface area contributed by atoms with Gasteiger partial charge in [-0.3, -0.25) is 0 Å². The Bertz CT molecular complexity index is 1140. The zero-order valence-corrected chi connectivity index (χ0v) is 18.8. The number of amides is 2.